The number of imidazole rings is 1. The van der Waals surface area contributed by atoms with E-state index in [1.807, 2.05) is 56.7 Å². The molecule has 0 aliphatic heterocycles. The third-order valence-corrected chi connectivity index (χ3v) is 6.38. The Balaban J connectivity index is 1.52. The van der Waals surface area contributed by atoms with Gasteiger partial charge in [-0.1, -0.05) is 12.1 Å². The Hall–Kier alpha value is -4.04. The predicted molar refractivity (Wildman–Crippen MR) is 131 cm³/mol. The van der Waals surface area contributed by atoms with Crippen molar-refractivity contribution in [3.8, 4) is 23.0 Å². The molecule has 0 amide bonds. The molecule has 1 atom stereocenters. The quantitative estimate of drug-likeness (QED) is 0.349. The fourth-order valence-electron chi connectivity index (χ4n) is 3.82. The lowest BCUT2D eigenvalue weighted by atomic mass is 9.96. The van der Waals surface area contributed by atoms with Crippen LogP contribution in [0.5, 0.6) is 23.0 Å². The maximum absolute atomic E-state index is 11.2. The molecular formula is C27H28N2O6. The smallest absolute Gasteiger partial charge is 0.340 e. The molecule has 4 aromatic rings. The summed E-state index contributed by atoms with van der Waals surface area (Å²) < 4.78 is 13.9. The minimum Gasteiger partial charge on any atom is -0.507 e. The fourth-order valence-corrected chi connectivity index (χ4v) is 3.82. The number of ether oxygens (including phenoxy) is 2. The van der Waals surface area contributed by atoms with Gasteiger partial charge in [0, 0.05) is 13.1 Å². The number of fused-ring (bicyclic) bond motifs is 1. The van der Waals surface area contributed by atoms with Crippen molar-refractivity contribution in [2.24, 2.45) is 7.05 Å². The number of benzene rings is 3. The highest BCUT2D eigenvalue weighted by atomic mass is 16.5. The van der Waals surface area contributed by atoms with Crippen LogP contribution >= 0.6 is 0 Å². The number of phenolic OH excluding ortho intramolecular Hbond substituents is 1. The number of hydrogen-bond donors (Lipinski definition) is 3. The molecule has 8 heteroatoms. The van der Waals surface area contributed by atoms with E-state index in [4.69, 9.17) is 14.6 Å². The number of phenols is 1. The molecule has 3 aromatic carbocycles. The van der Waals surface area contributed by atoms with Crippen molar-refractivity contribution >= 4 is 17.0 Å². The lowest BCUT2D eigenvalue weighted by Crippen LogP contribution is -2.31. The standard InChI is InChI=1S/C27H28N2O6/c1-15-12-23(16(2)17(3)25(15)30)35-20-10-11-21-22(13-20)29(5)24(28-21)14-34-19-8-6-18(7-9-19)27(4,33)26(31)32/h6-13,30,33H,14H2,1-5H3,(H,31,32). The van der Waals surface area contributed by atoms with E-state index < -0.39 is 11.6 Å². The zero-order valence-corrected chi connectivity index (χ0v) is 20.3. The van der Waals surface area contributed by atoms with Crippen LogP contribution in [0.4, 0.5) is 0 Å². The van der Waals surface area contributed by atoms with Crippen LogP contribution in [-0.2, 0) is 24.1 Å². The van der Waals surface area contributed by atoms with E-state index in [1.54, 1.807) is 12.1 Å². The first kappa shape index (κ1) is 24.1. The van der Waals surface area contributed by atoms with Gasteiger partial charge in [0.1, 0.15) is 35.4 Å². The molecule has 0 saturated heterocycles. The SMILES string of the molecule is Cc1cc(Oc2ccc3nc(COc4ccc(C(C)(O)C(=O)O)cc4)n(C)c3c2)c(C)c(C)c1O. The van der Waals surface area contributed by atoms with Gasteiger partial charge in [-0.2, -0.15) is 0 Å². The average molecular weight is 477 g/mol. The maximum Gasteiger partial charge on any atom is 0.340 e. The van der Waals surface area contributed by atoms with Gasteiger partial charge in [0.2, 0.25) is 0 Å². The first-order valence-electron chi connectivity index (χ1n) is 11.1. The van der Waals surface area contributed by atoms with Gasteiger partial charge < -0.3 is 29.4 Å². The summed E-state index contributed by atoms with van der Waals surface area (Å²) in [6.07, 6.45) is 0. The highest BCUT2D eigenvalue weighted by Crippen LogP contribution is 2.35. The number of carboxylic acid groups (broad SMARTS) is 1. The lowest BCUT2D eigenvalue weighted by molar-refractivity contribution is -0.157. The summed E-state index contributed by atoms with van der Waals surface area (Å²) in [6.45, 7) is 7.05. The Morgan fingerprint density at radius 1 is 1.03 bits per heavy atom. The van der Waals surface area contributed by atoms with E-state index >= 15 is 0 Å². The van der Waals surface area contributed by atoms with Gasteiger partial charge in [-0.15, -0.1) is 0 Å². The van der Waals surface area contributed by atoms with Crippen LogP contribution in [0.25, 0.3) is 11.0 Å². The molecule has 3 N–H and O–H groups in total. The number of aromatic hydroxyl groups is 1. The Kier molecular flexibility index (Phi) is 6.17. The molecule has 0 saturated carbocycles. The lowest BCUT2D eigenvalue weighted by Gasteiger charge is -2.18. The van der Waals surface area contributed by atoms with Crippen molar-refractivity contribution in [3.63, 3.8) is 0 Å². The first-order chi connectivity index (χ1) is 16.5. The number of carbonyl (C=O) groups is 1. The largest absolute Gasteiger partial charge is 0.507 e. The molecule has 0 fully saturated rings. The van der Waals surface area contributed by atoms with E-state index in [-0.39, 0.29) is 17.9 Å². The van der Waals surface area contributed by atoms with Gasteiger partial charge in [-0.3, -0.25) is 0 Å². The van der Waals surface area contributed by atoms with Gasteiger partial charge in [0.05, 0.1) is 11.0 Å². The molecule has 0 spiro atoms. The summed E-state index contributed by atoms with van der Waals surface area (Å²) >= 11 is 0. The van der Waals surface area contributed by atoms with Crippen LogP contribution in [0.15, 0.2) is 48.5 Å². The fraction of sp³-hybridized carbons (Fsp3) is 0.259. The zero-order chi connectivity index (χ0) is 25.5. The summed E-state index contributed by atoms with van der Waals surface area (Å²) in [6, 6.07) is 13.7. The molecule has 0 aliphatic carbocycles. The van der Waals surface area contributed by atoms with Gasteiger partial charge in [-0.25, -0.2) is 9.78 Å². The van der Waals surface area contributed by atoms with Gasteiger partial charge >= 0.3 is 5.97 Å². The third-order valence-electron chi connectivity index (χ3n) is 6.38. The van der Waals surface area contributed by atoms with Crippen molar-refractivity contribution < 1.29 is 29.6 Å². The van der Waals surface area contributed by atoms with E-state index in [9.17, 15) is 15.0 Å². The Labute approximate surface area is 203 Å². The van der Waals surface area contributed by atoms with Crippen molar-refractivity contribution in [2.75, 3.05) is 0 Å². The molecule has 1 heterocycles. The molecule has 8 nitrogen and oxygen atoms in total. The van der Waals surface area contributed by atoms with Crippen molar-refractivity contribution in [1.82, 2.24) is 9.55 Å². The van der Waals surface area contributed by atoms with Crippen LogP contribution in [0.3, 0.4) is 0 Å². The molecule has 0 radical (unpaired) electrons. The van der Waals surface area contributed by atoms with Crippen molar-refractivity contribution in [2.45, 2.75) is 39.9 Å². The number of hydrogen-bond acceptors (Lipinski definition) is 6. The topological polar surface area (TPSA) is 114 Å². The monoisotopic (exact) mass is 476 g/mol. The minimum absolute atomic E-state index is 0.200. The molecule has 1 aromatic heterocycles. The van der Waals surface area contributed by atoms with Gasteiger partial charge in [-0.05, 0) is 80.3 Å². The highest BCUT2D eigenvalue weighted by Gasteiger charge is 2.32. The number of aliphatic carboxylic acids is 1. The van der Waals surface area contributed by atoms with Crippen molar-refractivity contribution in [1.29, 1.82) is 0 Å². The number of aryl methyl sites for hydroxylation is 2. The molecule has 35 heavy (non-hydrogen) atoms. The Morgan fingerprint density at radius 3 is 2.34 bits per heavy atom. The summed E-state index contributed by atoms with van der Waals surface area (Å²) in [5.41, 5.74) is 2.39. The van der Waals surface area contributed by atoms with Crippen LogP contribution in [0.2, 0.25) is 0 Å². The number of nitrogens with zero attached hydrogens (tertiary/aromatic N) is 2. The molecule has 182 valence electrons. The van der Waals surface area contributed by atoms with Gasteiger partial charge in [0.25, 0.3) is 0 Å². The number of rotatable bonds is 7. The summed E-state index contributed by atoms with van der Waals surface area (Å²) in [7, 11) is 1.89. The van der Waals surface area contributed by atoms with Crippen molar-refractivity contribution in [3.05, 3.63) is 76.6 Å². The number of aromatic nitrogens is 2. The second kappa shape index (κ2) is 8.96. The Bertz CT molecular complexity index is 1420. The zero-order valence-electron chi connectivity index (χ0n) is 20.3. The molecule has 0 aliphatic rings. The van der Waals surface area contributed by atoms with Crippen LogP contribution in [0, 0.1) is 20.8 Å². The van der Waals surface area contributed by atoms with E-state index in [0.29, 0.717) is 23.1 Å². The normalized spacial score (nSPS) is 13.0. The Morgan fingerprint density at radius 2 is 1.69 bits per heavy atom. The predicted octanol–water partition coefficient (Wildman–Crippen LogP) is 4.87. The second-order valence-electron chi connectivity index (χ2n) is 8.82. The van der Waals surface area contributed by atoms with Crippen LogP contribution < -0.4 is 9.47 Å². The summed E-state index contributed by atoms with van der Waals surface area (Å²) in [4.78, 5) is 15.9. The summed E-state index contributed by atoms with van der Waals surface area (Å²) in [5.74, 6) is 1.53. The first-order valence-corrected chi connectivity index (χ1v) is 11.1. The highest BCUT2D eigenvalue weighted by molar-refractivity contribution is 5.79. The number of aliphatic hydroxyl groups is 1. The summed E-state index contributed by atoms with van der Waals surface area (Å²) in [5, 5.41) is 29.4. The van der Waals surface area contributed by atoms with E-state index in [2.05, 4.69) is 4.98 Å². The molecule has 4 rings (SSSR count). The average Bonchev–Trinajstić information content (AvgIpc) is 3.15. The number of carboxylic acids is 1. The minimum atomic E-state index is -1.97. The second-order valence-corrected chi connectivity index (χ2v) is 8.82. The maximum atomic E-state index is 11.2. The van der Waals surface area contributed by atoms with Gasteiger partial charge in [0.15, 0.2) is 5.60 Å². The van der Waals surface area contributed by atoms with E-state index in [0.717, 1.165) is 27.7 Å². The van der Waals surface area contributed by atoms with Crippen LogP contribution in [0.1, 0.15) is 35.0 Å². The van der Waals surface area contributed by atoms with E-state index in [1.165, 1.54) is 19.1 Å². The third kappa shape index (κ3) is 4.52. The van der Waals surface area contributed by atoms with Crippen LogP contribution in [-0.4, -0.2) is 30.8 Å². The molecular weight excluding hydrogens is 448 g/mol. The molecule has 0 bridgehead atoms. The molecule has 1 unspecified atom stereocenters.